The second kappa shape index (κ2) is 5.40. The number of hydrogen-bond donors (Lipinski definition) is 1. The highest BCUT2D eigenvalue weighted by molar-refractivity contribution is 9.10. The van der Waals surface area contributed by atoms with E-state index >= 15 is 0 Å². The van der Waals surface area contributed by atoms with Crippen LogP contribution >= 0.6 is 15.9 Å². The predicted octanol–water partition coefficient (Wildman–Crippen LogP) is 3.40. The van der Waals surface area contributed by atoms with Crippen LogP contribution in [0.4, 0.5) is 4.79 Å². The number of nitrogens with zero attached hydrogens (tertiary/aromatic N) is 2. The number of aromatic nitrogens is 2. The van der Waals surface area contributed by atoms with Crippen LogP contribution < -0.4 is 10.1 Å². The molecule has 1 amide bonds. The van der Waals surface area contributed by atoms with Crippen molar-refractivity contribution in [3.05, 3.63) is 22.8 Å². The number of nitrogens with one attached hydrogen (secondary N) is 1. The fraction of sp³-hybridized carbons (Fsp3) is 0.500. The second-order valence-corrected chi connectivity index (χ2v) is 7.22. The van der Waals surface area contributed by atoms with Gasteiger partial charge in [-0.15, -0.1) is 0 Å². The van der Waals surface area contributed by atoms with Crippen molar-refractivity contribution in [2.24, 2.45) is 0 Å². The lowest BCUT2D eigenvalue weighted by atomic mass is 9.80. The summed E-state index contributed by atoms with van der Waals surface area (Å²) in [6.07, 6.45) is 5.61. The van der Waals surface area contributed by atoms with Crippen LogP contribution in [0.25, 0.3) is 10.9 Å². The lowest BCUT2D eigenvalue weighted by Gasteiger charge is -2.35. The van der Waals surface area contributed by atoms with Crippen molar-refractivity contribution in [3.8, 4) is 5.75 Å². The molecule has 1 aliphatic carbocycles. The first-order valence-electron chi connectivity index (χ1n) is 7.76. The third kappa shape index (κ3) is 2.56. The molecule has 0 bridgehead atoms. The van der Waals surface area contributed by atoms with E-state index in [0.717, 1.165) is 46.8 Å². The minimum Gasteiger partial charge on any atom is -0.495 e. The number of alkyl carbamates (subject to hydrolysis) is 1. The van der Waals surface area contributed by atoms with E-state index in [4.69, 9.17) is 14.6 Å². The average Bonchev–Trinajstić information content (AvgIpc) is 3.11. The first kappa shape index (κ1) is 14.8. The number of methoxy groups -OCH3 is 1. The van der Waals surface area contributed by atoms with Gasteiger partial charge in [0.25, 0.3) is 0 Å². The molecule has 4 rings (SSSR count). The number of hydrogen-bond acceptors (Lipinski definition) is 4. The summed E-state index contributed by atoms with van der Waals surface area (Å²) in [4.78, 5) is 11.3. The standard InChI is InChI=1S/C16H18BrN3O3/c1-22-14-7-13-10(6-12(14)17)8-20(19-13)11-2-4-16(5-3-11)9-23-15(21)18-16/h6-8,11H,2-5,9H2,1H3,(H,18,21). The third-order valence-corrected chi connectivity index (χ3v) is 5.55. The van der Waals surface area contributed by atoms with Gasteiger partial charge in [-0.25, -0.2) is 4.79 Å². The average molecular weight is 380 g/mol. The zero-order chi connectivity index (χ0) is 16.0. The Morgan fingerprint density at radius 1 is 1.43 bits per heavy atom. The quantitative estimate of drug-likeness (QED) is 0.868. The number of rotatable bonds is 2. The van der Waals surface area contributed by atoms with Crippen molar-refractivity contribution in [1.82, 2.24) is 15.1 Å². The number of carbonyl (C=O) groups excluding carboxylic acids is 1. The first-order chi connectivity index (χ1) is 11.1. The highest BCUT2D eigenvalue weighted by Crippen LogP contribution is 2.38. The van der Waals surface area contributed by atoms with Crippen molar-refractivity contribution < 1.29 is 14.3 Å². The number of benzene rings is 1. The highest BCUT2D eigenvalue weighted by Gasteiger charge is 2.42. The van der Waals surface area contributed by atoms with Crippen LogP contribution in [0.15, 0.2) is 22.8 Å². The van der Waals surface area contributed by atoms with Crippen LogP contribution in [0.1, 0.15) is 31.7 Å². The van der Waals surface area contributed by atoms with E-state index in [1.54, 1.807) is 7.11 Å². The van der Waals surface area contributed by atoms with Gasteiger partial charge >= 0.3 is 6.09 Å². The molecule has 1 aliphatic heterocycles. The second-order valence-electron chi connectivity index (χ2n) is 6.37. The third-order valence-electron chi connectivity index (χ3n) is 4.93. The molecule has 2 fully saturated rings. The SMILES string of the molecule is COc1cc2nn(C3CCC4(CC3)COC(=O)N4)cc2cc1Br. The minimum absolute atomic E-state index is 0.160. The van der Waals surface area contributed by atoms with Crippen LogP contribution in [0, 0.1) is 0 Å². The van der Waals surface area contributed by atoms with Gasteiger partial charge in [0.1, 0.15) is 12.4 Å². The van der Waals surface area contributed by atoms with E-state index in [2.05, 4.69) is 32.1 Å². The monoisotopic (exact) mass is 379 g/mol. The normalized spacial score (nSPS) is 27.2. The Morgan fingerprint density at radius 2 is 2.22 bits per heavy atom. The molecule has 7 heteroatoms. The molecule has 0 atom stereocenters. The van der Waals surface area contributed by atoms with Gasteiger partial charge in [-0.1, -0.05) is 0 Å². The Labute approximate surface area is 142 Å². The lowest BCUT2D eigenvalue weighted by Crippen LogP contribution is -2.46. The number of ether oxygens (including phenoxy) is 2. The van der Waals surface area contributed by atoms with Crippen LogP contribution in [0.2, 0.25) is 0 Å². The Balaban J connectivity index is 1.55. The van der Waals surface area contributed by atoms with Crippen LogP contribution in [0.5, 0.6) is 5.75 Å². The van der Waals surface area contributed by atoms with E-state index in [1.807, 2.05) is 12.1 Å². The minimum atomic E-state index is -0.287. The molecule has 1 N–H and O–H groups in total. The topological polar surface area (TPSA) is 65.4 Å². The Morgan fingerprint density at radius 3 is 2.87 bits per heavy atom. The molecule has 23 heavy (non-hydrogen) atoms. The lowest BCUT2D eigenvalue weighted by molar-refractivity contribution is 0.155. The van der Waals surface area contributed by atoms with Crippen molar-refractivity contribution in [1.29, 1.82) is 0 Å². The summed E-state index contributed by atoms with van der Waals surface area (Å²) < 4.78 is 13.4. The van der Waals surface area contributed by atoms with Crippen molar-refractivity contribution in [2.45, 2.75) is 37.3 Å². The van der Waals surface area contributed by atoms with Crippen molar-refractivity contribution >= 4 is 32.9 Å². The van der Waals surface area contributed by atoms with Gasteiger partial charge in [-0.3, -0.25) is 4.68 Å². The Hall–Kier alpha value is -1.76. The van der Waals surface area contributed by atoms with Crippen molar-refractivity contribution in [3.63, 3.8) is 0 Å². The molecule has 1 saturated carbocycles. The first-order valence-corrected chi connectivity index (χ1v) is 8.55. The predicted molar refractivity (Wildman–Crippen MR) is 88.7 cm³/mol. The fourth-order valence-electron chi connectivity index (χ4n) is 3.57. The maximum Gasteiger partial charge on any atom is 0.407 e. The Kier molecular flexibility index (Phi) is 3.48. The van der Waals surface area contributed by atoms with E-state index in [-0.39, 0.29) is 11.6 Å². The van der Waals surface area contributed by atoms with E-state index in [0.29, 0.717) is 12.6 Å². The van der Waals surface area contributed by atoms with Gasteiger partial charge in [-0.05, 0) is 47.7 Å². The van der Waals surface area contributed by atoms with E-state index < -0.39 is 0 Å². The molecule has 6 nitrogen and oxygen atoms in total. The van der Waals surface area contributed by atoms with E-state index in [9.17, 15) is 4.79 Å². The molecule has 2 heterocycles. The summed E-state index contributed by atoms with van der Waals surface area (Å²) in [5, 5.41) is 8.78. The summed E-state index contributed by atoms with van der Waals surface area (Å²) in [5.74, 6) is 0.788. The maximum absolute atomic E-state index is 11.3. The summed E-state index contributed by atoms with van der Waals surface area (Å²) in [6, 6.07) is 4.34. The maximum atomic E-state index is 11.3. The zero-order valence-electron chi connectivity index (χ0n) is 12.8. The largest absolute Gasteiger partial charge is 0.495 e. The summed E-state index contributed by atoms with van der Waals surface area (Å²) in [5.41, 5.74) is 0.773. The molecule has 2 aliphatic rings. The highest BCUT2D eigenvalue weighted by atomic mass is 79.9. The molecule has 1 spiro atoms. The summed E-state index contributed by atoms with van der Waals surface area (Å²) in [7, 11) is 1.65. The van der Waals surface area contributed by atoms with E-state index in [1.165, 1.54) is 0 Å². The molecule has 2 aromatic rings. The molecule has 1 aromatic carbocycles. The number of halogens is 1. The molecule has 0 unspecified atom stereocenters. The van der Waals surface area contributed by atoms with Gasteiger partial charge < -0.3 is 14.8 Å². The van der Waals surface area contributed by atoms with Gasteiger partial charge in [0.2, 0.25) is 0 Å². The summed E-state index contributed by atoms with van der Waals surface area (Å²) >= 11 is 3.51. The Bertz CT molecular complexity index is 765. The molecular formula is C16H18BrN3O3. The van der Waals surface area contributed by atoms with Crippen molar-refractivity contribution in [2.75, 3.05) is 13.7 Å². The smallest absolute Gasteiger partial charge is 0.407 e. The molecule has 1 saturated heterocycles. The number of carbonyl (C=O) groups is 1. The summed E-state index contributed by atoms with van der Waals surface area (Å²) in [6.45, 7) is 0.490. The number of cyclic esters (lactones) is 1. The number of amides is 1. The van der Waals surface area contributed by atoms with Gasteiger partial charge in [0.05, 0.1) is 28.7 Å². The molecule has 0 radical (unpaired) electrons. The molecule has 122 valence electrons. The van der Waals surface area contributed by atoms with Crippen LogP contribution in [-0.2, 0) is 4.74 Å². The fourth-order valence-corrected chi connectivity index (χ4v) is 4.09. The number of fused-ring (bicyclic) bond motifs is 1. The zero-order valence-corrected chi connectivity index (χ0v) is 14.4. The van der Waals surface area contributed by atoms with Gasteiger partial charge in [0.15, 0.2) is 0 Å². The molecule has 1 aromatic heterocycles. The molecular weight excluding hydrogens is 362 g/mol. The van der Waals surface area contributed by atoms with Gasteiger partial charge in [0, 0.05) is 17.6 Å². The van der Waals surface area contributed by atoms with Crippen LogP contribution in [0.3, 0.4) is 0 Å². The van der Waals surface area contributed by atoms with Gasteiger partial charge in [-0.2, -0.15) is 5.10 Å². The van der Waals surface area contributed by atoms with Crippen LogP contribution in [-0.4, -0.2) is 35.1 Å².